The van der Waals surface area contributed by atoms with E-state index in [2.05, 4.69) is 4.90 Å². The van der Waals surface area contributed by atoms with Crippen LogP contribution in [0.25, 0.3) is 0 Å². The lowest BCUT2D eigenvalue weighted by molar-refractivity contribution is 0.101. The molecule has 0 N–H and O–H groups in total. The predicted octanol–water partition coefficient (Wildman–Crippen LogP) is 2.12. The van der Waals surface area contributed by atoms with E-state index in [9.17, 15) is 4.79 Å². The molecule has 0 amide bonds. The summed E-state index contributed by atoms with van der Waals surface area (Å²) in [6.07, 6.45) is 0.981. The third kappa shape index (κ3) is 2.64. The summed E-state index contributed by atoms with van der Waals surface area (Å²) in [6.45, 7) is 4.79. The molecule has 4 nitrogen and oxygen atoms in total. The Hall–Kier alpha value is -1.55. The van der Waals surface area contributed by atoms with Crippen LogP contribution in [-0.4, -0.2) is 39.2 Å². The van der Waals surface area contributed by atoms with Crippen molar-refractivity contribution in [2.75, 3.05) is 38.3 Å². The van der Waals surface area contributed by atoms with E-state index in [1.165, 1.54) is 0 Å². The highest BCUT2D eigenvalue weighted by molar-refractivity contribution is 6.02. The van der Waals surface area contributed by atoms with Crippen molar-refractivity contribution < 1.29 is 14.3 Å². The fourth-order valence-electron chi connectivity index (χ4n) is 2.29. The summed E-state index contributed by atoms with van der Waals surface area (Å²) in [5, 5.41) is 0. The van der Waals surface area contributed by atoms with Crippen molar-refractivity contribution in [3.05, 3.63) is 23.8 Å². The molecule has 1 aromatic carbocycles. The van der Waals surface area contributed by atoms with E-state index in [-0.39, 0.29) is 5.78 Å². The molecule has 1 aliphatic rings. The largest absolute Gasteiger partial charge is 0.496 e. The van der Waals surface area contributed by atoms with Gasteiger partial charge >= 0.3 is 0 Å². The van der Waals surface area contributed by atoms with Crippen LogP contribution in [0.4, 0.5) is 5.69 Å². The number of nitrogens with zero attached hydrogens (tertiary/aromatic N) is 1. The fraction of sp³-hybridized carbons (Fsp3) is 0.500. The smallest absolute Gasteiger partial charge is 0.165 e. The van der Waals surface area contributed by atoms with Gasteiger partial charge in [0.05, 0.1) is 25.0 Å². The van der Waals surface area contributed by atoms with Crippen LogP contribution >= 0.6 is 0 Å². The Morgan fingerprint density at radius 1 is 1.33 bits per heavy atom. The molecule has 0 saturated carbocycles. The van der Waals surface area contributed by atoms with Crippen molar-refractivity contribution in [2.24, 2.45) is 0 Å². The van der Waals surface area contributed by atoms with Gasteiger partial charge < -0.3 is 14.4 Å². The Morgan fingerprint density at radius 2 is 2.17 bits per heavy atom. The van der Waals surface area contributed by atoms with Crippen LogP contribution in [0.2, 0.25) is 0 Å². The van der Waals surface area contributed by atoms with Crippen LogP contribution in [0.5, 0.6) is 5.75 Å². The molecule has 0 spiro atoms. The molecule has 98 valence electrons. The van der Waals surface area contributed by atoms with Crippen molar-refractivity contribution in [3.63, 3.8) is 0 Å². The van der Waals surface area contributed by atoms with Gasteiger partial charge in [-0.3, -0.25) is 4.79 Å². The number of anilines is 1. The van der Waals surface area contributed by atoms with Crippen molar-refractivity contribution in [1.82, 2.24) is 0 Å². The van der Waals surface area contributed by atoms with E-state index in [1.807, 2.05) is 18.2 Å². The van der Waals surface area contributed by atoms with E-state index in [0.29, 0.717) is 17.9 Å². The molecule has 1 aliphatic heterocycles. The third-order valence-corrected chi connectivity index (χ3v) is 3.14. The fourth-order valence-corrected chi connectivity index (χ4v) is 2.29. The van der Waals surface area contributed by atoms with Gasteiger partial charge in [-0.1, -0.05) is 6.07 Å². The van der Waals surface area contributed by atoms with E-state index in [4.69, 9.17) is 9.47 Å². The number of carbonyl (C=O) groups excluding carboxylic acids is 1. The van der Waals surface area contributed by atoms with Gasteiger partial charge in [-0.2, -0.15) is 0 Å². The minimum atomic E-state index is 0.0348. The molecular formula is C14H19NO3. The van der Waals surface area contributed by atoms with Crippen LogP contribution in [0.15, 0.2) is 18.2 Å². The molecule has 1 fully saturated rings. The molecule has 18 heavy (non-hydrogen) atoms. The van der Waals surface area contributed by atoms with Crippen molar-refractivity contribution in [2.45, 2.75) is 13.3 Å². The van der Waals surface area contributed by atoms with Crippen LogP contribution in [-0.2, 0) is 4.74 Å². The van der Waals surface area contributed by atoms with Crippen molar-refractivity contribution >= 4 is 11.5 Å². The maximum absolute atomic E-state index is 11.8. The first-order valence-corrected chi connectivity index (χ1v) is 6.24. The lowest BCUT2D eigenvalue weighted by Gasteiger charge is -2.25. The third-order valence-electron chi connectivity index (χ3n) is 3.14. The summed E-state index contributed by atoms with van der Waals surface area (Å²) in [6, 6.07) is 5.73. The molecule has 1 aromatic rings. The number of Topliss-reactive ketones (excluding diaryl/α,β-unsaturated/α-hetero) is 1. The first-order chi connectivity index (χ1) is 8.74. The topological polar surface area (TPSA) is 38.8 Å². The maximum atomic E-state index is 11.8. The van der Waals surface area contributed by atoms with Crippen LogP contribution in [0.3, 0.4) is 0 Å². The highest BCUT2D eigenvalue weighted by Crippen LogP contribution is 2.30. The Balaban J connectivity index is 2.38. The quantitative estimate of drug-likeness (QED) is 0.769. The highest BCUT2D eigenvalue weighted by Gasteiger charge is 2.19. The second-order valence-electron chi connectivity index (χ2n) is 4.36. The van der Waals surface area contributed by atoms with Gasteiger partial charge in [0, 0.05) is 19.7 Å². The van der Waals surface area contributed by atoms with Gasteiger partial charge in [0.2, 0.25) is 0 Å². The van der Waals surface area contributed by atoms with E-state index in [0.717, 1.165) is 31.8 Å². The number of ketones is 1. The molecule has 2 rings (SSSR count). The standard InChI is InChI=1S/C14H19NO3/c1-11(16)14-12(5-3-6-13(14)17-2)15-7-4-9-18-10-8-15/h3,5-6H,4,7-10H2,1-2H3. The Labute approximate surface area is 107 Å². The Kier molecular flexibility index (Phi) is 4.20. The summed E-state index contributed by atoms with van der Waals surface area (Å²) in [5.74, 6) is 0.679. The molecule has 0 aliphatic carbocycles. The van der Waals surface area contributed by atoms with Gasteiger partial charge in [0.15, 0.2) is 5.78 Å². The summed E-state index contributed by atoms with van der Waals surface area (Å²) < 4.78 is 10.7. The first-order valence-electron chi connectivity index (χ1n) is 6.24. The lowest BCUT2D eigenvalue weighted by atomic mass is 10.1. The zero-order valence-electron chi connectivity index (χ0n) is 10.9. The number of benzene rings is 1. The van der Waals surface area contributed by atoms with Gasteiger partial charge in [0.1, 0.15) is 5.75 Å². The van der Waals surface area contributed by atoms with Crippen LogP contribution in [0.1, 0.15) is 23.7 Å². The highest BCUT2D eigenvalue weighted by atomic mass is 16.5. The average Bonchev–Trinajstić information content (AvgIpc) is 2.66. The Bertz CT molecular complexity index is 423. The molecule has 0 bridgehead atoms. The van der Waals surface area contributed by atoms with E-state index < -0.39 is 0 Å². The minimum Gasteiger partial charge on any atom is -0.496 e. The van der Waals surface area contributed by atoms with Gasteiger partial charge in [0.25, 0.3) is 0 Å². The molecule has 0 aromatic heterocycles. The number of methoxy groups -OCH3 is 1. The maximum Gasteiger partial charge on any atom is 0.165 e. The van der Waals surface area contributed by atoms with Gasteiger partial charge in [-0.15, -0.1) is 0 Å². The number of rotatable bonds is 3. The van der Waals surface area contributed by atoms with Gasteiger partial charge in [-0.25, -0.2) is 0 Å². The van der Waals surface area contributed by atoms with E-state index >= 15 is 0 Å². The molecule has 0 radical (unpaired) electrons. The summed E-state index contributed by atoms with van der Waals surface area (Å²) in [5.41, 5.74) is 1.62. The SMILES string of the molecule is COc1cccc(N2CCCOCC2)c1C(C)=O. The number of hydrogen-bond acceptors (Lipinski definition) is 4. The van der Waals surface area contributed by atoms with E-state index in [1.54, 1.807) is 14.0 Å². The summed E-state index contributed by atoms with van der Waals surface area (Å²) >= 11 is 0. The molecule has 0 atom stereocenters. The van der Waals surface area contributed by atoms with Crippen LogP contribution < -0.4 is 9.64 Å². The van der Waals surface area contributed by atoms with Crippen molar-refractivity contribution in [1.29, 1.82) is 0 Å². The zero-order valence-corrected chi connectivity index (χ0v) is 10.9. The number of ether oxygens (including phenoxy) is 2. The molecule has 0 unspecified atom stereocenters. The summed E-state index contributed by atoms with van der Waals surface area (Å²) in [7, 11) is 1.59. The normalized spacial score (nSPS) is 16.2. The second kappa shape index (κ2) is 5.87. The minimum absolute atomic E-state index is 0.0348. The van der Waals surface area contributed by atoms with Gasteiger partial charge in [-0.05, 0) is 25.5 Å². The predicted molar refractivity (Wildman–Crippen MR) is 70.6 cm³/mol. The number of carbonyl (C=O) groups is 1. The van der Waals surface area contributed by atoms with Crippen LogP contribution in [0, 0.1) is 0 Å². The zero-order chi connectivity index (χ0) is 13.0. The first kappa shape index (κ1) is 12.9. The second-order valence-corrected chi connectivity index (χ2v) is 4.36. The number of hydrogen-bond donors (Lipinski definition) is 0. The lowest BCUT2D eigenvalue weighted by Crippen LogP contribution is -2.27. The van der Waals surface area contributed by atoms with Crippen molar-refractivity contribution in [3.8, 4) is 5.75 Å². The Morgan fingerprint density at radius 3 is 2.89 bits per heavy atom. The molecule has 1 saturated heterocycles. The summed E-state index contributed by atoms with van der Waals surface area (Å²) in [4.78, 5) is 14.0. The molecule has 4 heteroatoms. The molecular weight excluding hydrogens is 230 g/mol. The molecule has 1 heterocycles. The monoisotopic (exact) mass is 249 g/mol. The average molecular weight is 249 g/mol.